The van der Waals surface area contributed by atoms with Gasteiger partial charge in [-0.1, -0.05) is 38.1 Å². The molecule has 1 heterocycles. The molecule has 0 spiro atoms. The summed E-state index contributed by atoms with van der Waals surface area (Å²) in [7, 11) is 0. The van der Waals surface area contributed by atoms with Gasteiger partial charge in [-0.2, -0.15) is 5.26 Å². The highest BCUT2D eigenvalue weighted by Crippen LogP contribution is 2.38. The van der Waals surface area contributed by atoms with E-state index in [2.05, 4.69) is 6.07 Å². The van der Waals surface area contributed by atoms with Gasteiger partial charge in [0.15, 0.2) is 0 Å². The number of esters is 1. The Kier molecular flexibility index (Phi) is 7.23. The zero-order valence-electron chi connectivity index (χ0n) is 18.8. The molecule has 0 bridgehead atoms. The van der Waals surface area contributed by atoms with Crippen LogP contribution in [0.25, 0.3) is 0 Å². The third kappa shape index (κ3) is 5.44. The normalized spacial score (nSPS) is 16.0. The number of ether oxygens (including phenoxy) is 1. The fraction of sp³-hybridized carbons (Fsp3) is 0.320. The van der Waals surface area contributed by atoms with Crippen LogP contribution in [0, 0.1) is 27.4 Å². The molecular formula is C25H25N3O5. The van der Waals surface area contributed by atoms with Gasteiger partial charge in [0.05, 0.1) is 35.3 Å². The predicted molar refractivity (Wildman–Crippen MR) is 121 cm³/mol. The minimum absolute atomic E-state index is 0.0252. The number of carbonyl (C=O) groups is 2. The van der Waals surface area contributed by atoms with E-state index in [0.29, 0.717) is 22.4 Å². The van der Waals surface area contributed by atoms with Crippen LogP contribution in [0.2, 0.25) is 0 Å². The fourth-order valence-electron chi connectivity index (χ4n) is 3.85. The lowest BCUT2D eigenvalue weighted by atomic mass is 9.83. The number of nitro groups is 1. The smallest absolute Gasteiger partial charge is 0.336 e. The van der Waals surface area contributed by atoms with Crippen molar-refractivity contribution in [3.8, 4) is 6.07 Å². The number of nitrogens with zero attached hydrogens (tertiary/aromatic N) is 3. The van der Waals surface area contributed by atoms with Crippen molar-refractivity contribution in [3.63, 3.8) is 0 Å². The van der Waals surface area contributed by atoms with Gasteiger partial charge in [0, 0.05) is 30.2 Å². The molecule has 0 fully saturated rings. The molecule has 1 aliphatic rings. The van der Waals surface area contributed by atoms with Crippen LogP contribution >= 0.6 is 0 Å². The van der Waals surface area contributed by atoms with Crippen molar-refractivity contribution < 1.29 is 19.2 Å². The van der Waals surface area contributed by atoms with E-state index in [1.54, 1.807) is 37.3 Å². The number of rotatable bonds is 7. The lowest BCUT2D eigenvalue weighted by Crippen LogP contribution is -2.38. The van der Waals surface area contributed by atoms with Gasteiger partial charge in [-0.3, -0.25) is 14.9 Å². The van der Waals surface area contributed by atoms with E-state index in [9.17, 15) is 19.7 Å². The largest absolute Gasteiger partial charge is 0.462 e. The summed E-state index contributed by atoms with van der Waals surface area (Å²) in [5, 5.41) is 20.4. The Morgan fingerprint density at radius 3 is 2.67 bits per heavy atom. The molecule has 33 heavy (non-hydrogen) atoms. The van der Waals surface area contributed by atoms with Crippen LogP contribution in [0.1, 0.15) is 49.8 Å². The third-order valence-electron chi connectivity index (χ3n) is 5.47. The summed E-state index contributed by atoms with van der Waals surface area (Å²) in [6, 6.07) is 15.0. The number of allylic oxidation sites excluding steroid dienone is 1. The van der Waals surface area contributed by atoms with Crippen LogP contribution in [0.15, 0.2) is 59.8 Å². The number of hydrogen-bond donors (Lipinski definition) is 0. The predicted octanol–water partition coefficient (Wildman–Crippen LogP) is 4.46. The number of nitriles is 1. The first-order valence-electron chi connectivity index (χ1n) is 10.6. The lowest BCUT2D eigenvalue weighted by molar-refractivity contribution is -0.384. The third-order valence-corrected chi connectivity index (χ3v) is 5.47. The molecule has 0 saturated carbocycles. The molecule has 1 unspecified atom stereocenters. The van der Waals surface area contributed by atoms with Gasteiger partial charge in [-0.15, -0.1) is 0 Å². The second kappa shape index (κ2) is 10.1. The van der Waals surface area contributed by atoms with E-state index in [1.165, 1.54) is 17.0 Å². The summed E-state index contributed by atoms with van der Waals surface area (Å²) in [6.45, 7) is 5.94. The number of amides is 1. The van der Waals surface area contributed by atoms with Gasteiger partial charge < -0.3 is 9.64 Å². The number of hydrogen-bond acceptors (Lipinski definition) is 6. The fourth-order valence-corrected chi connectivity index (χ4v) is 3.85. The molecule has 1 aliphatic heterocycles. The molecule has 1 amide bonds. The molecule has 8 heteroatoms. The van der Waals surface area contributed by atoms with E-state index in [4.69, 9.17) is 10.00 Å². The van der Waals surface area contributed by atoms with Crippen molar-refractivity contribution in [1.82, 2.24) is 4.90 Å². The average molecular weight is 447 g/mol. The van der Waals surface area contributed by atoms with Gasteiger partial charge >= 0.3 is 5.97 Å². The summed E-state index contributed by atoms with van der Waals surface area (Å²) >= 11 is 0. The Morgan fingerprint density at radius 1 is 1.27 bits per heavy atom. The van der Waals surface area contributed by atoms with Gasteiger partial charge in [0.25, 0.3) is 5.69 Å². The molecule has 2 aromatic carbocycles. The van der Waals surface area contributed by atoms with Gasteiger partial charge in [0.2, 0.25) is 5.91 Å². The highest BCUT2D eigenvalue weighted by Gasteiger charge is 2.37. The first-order chi connectivity index (χ1) is 15.7. The van der Waals surface area contributed by atoms with Crippen LogP contribution < -0.4 is 0 Å². The average Bonchev–Trinajstić information content (AvgIpc) is 2.80. The molecule has 0 N–H and O–H groups in total. The zero-order chi connectivity index (χ0) is 24.1. The Morgan fingerprint density at radius 2 is 2.00 bits per heavy atom. The monoisotopic (exact) mass is 447 g/mol. The van der Waals surface area contributed by atoms with E-state index in [1.807, 2.05) is 19.9 Å². The second-order valence-electron chi connectivity index (χ2n) is 8.39. The Balaban J connectivity index is 2.05. The summed E-state index contributed by atoms with van der Waals surface area (Å²) < 4.78 is 5.50. The van der Waals surface area contributed by atoms with Crippen molar-refractivity contribution in [2.24, 2.45) is 5.92 Å². The number of benzene rings is 2. The minimum atomic E-state index is -0.654. The summed E-state index contributed by atoms with van der Waals surface area (Å²) in [4.78, 5) is 38.5. The first-order valence-corrected chi connectivity index (χ1v) is 10.6. The number of nitro benzene ring substituents is 1. The van der Waals surface area contributed by atoms with Crippen molar-refractivity contribution in [2.45, 2.75) is 39.7 Å². The maximum atomic E-state index is 13.1. The van der Waals surface area contributed by atoms with Crippen molar-refractivity contribution in [3.05, 3.63) is 86.6 Å². The Bertz CT molecular complexity index is 1160. The van der Waals surface area contributed by atoms with Gasteiger partial charge in [0.1, 0.15) is 0 Å². The maximum Gasteiger partial charge on any atom is 0.336 e. The van der Waals surface area contributed by atoms with Crippen molar-refractivity contribution >= 4 is 17.6 Å². The summed E-state index contributed by atoms with van der Waals surface area (Å²) in [6.07, 6.45) is -0.0252. The SMILES string of the molecule is CC1=C(C(=O)OCC(C)C)C(c2cccc([N+](=O)[O-])c2)CC(=O)N1Cc1cccc(C#N)c1. The molecule has 170 valence electrons. The lowest BCUT2D eigenvalue weighted by Gasteiger charge is -2.34. The van der Waals surface area contributed by atoms with Crippen molar-refractivity contribution in [2.75, 3.05) is 6.61 Å². The van der Waals surface area contributed by atoms with Gasteiger partial charge in [-0.25, -0.2) is 4.79 Å². The second-order valence-corrected chi connectivity index (χ2v) is 8.39. The molecule has 0 radical (unpaired) electrons. The Labute approximate surface area is 192 Å². The standard InChI is InChI=1S/C25H25N3O5/c1-16(2)15-33-25(30)24-17(3)27(14-19-7-4-6-18(10-19)13-26)23(29)12-22(24)20-8-5-9-21(11-20)28(31)32/h4-11,16,22H,12,14-15H2,1-3H3. The quantitative estimate of drug-likeness (QED) is 0.352. The van der Waals surface area contributed by atoms with E-state index in [0.717, 1.165) is 5.56 Å². The highest BCUT2D eigenvalue weighted by molar-refractivity contribution is 5.96. The Hall–Kier alpha value is -3.99. The van der Waals surface area contributed by atoms with Gasteiger partial charge in [-0.05, 0) is 36.1 Å². The topological polar surface area (TPSA) is 114 Å². The van der Waals surface area contributed by atoms with Crippen LogP contribution in [-0.4, -0.2) is 28.3 Å². The van der Waals surface area contributed by atoms with E-state index in [-0.39, 0.29) is 37.1 Å². The van der Waals surface area contributed by atoms with E-state index < -0.39 is 16.8 Å². The van der Waals surface area contributed by atoms with Crippen LogP contribution in [0.3, 0.4) is 0 Å². The number of carbonyl (C=O) groups excluding carboxylic acids is 2. The van der Waals surface area contributed by atoms with E-state index >= 15 is 0 Å². The molecule has 2 aromatic rings. The highest BCUT2D eigenvalue weighted by atomic mass is 16.6. The first kappa shape index (κ1) is 23.7. The summed E-state index contributed by atoms with van der Waals surface area (Å²) in [5.74, 6) is -1.28. The zero-order valence-corrected chi connectivity index (χ0v) is 18.8. The van der Waals surface area contributed by atoms with Crippen LogP contribution in [0.5, 0.6) is 0 Å². The summed E-state index contributed by atoms with van der Waals surface area (Å²) in [5.41, 5.74) is 2.39. The molecule has 1 atom stereocenters. The van der Waals surface area contributed by atoms with Crippen LogP contribution in [-0.2, 0) is 20.9 Å². The maximum absolute atomic E-state index is 13.1. The molecule has 8 nitrogen and oxygen atoms in total. The molecular weight excluding hydrogens is 422 g/mol. The molecule has 0 aliphatic carbocycles. The minimum Gasteiger partial charge on any atom is -0.462 e. The van der Waals surface area contributed by atoms with Crippen molar-refractivity contribution in [1.29, 1.82) is 5.26 Å². The molecule has 0 aromatic heterocycles. The number of non-ortho nitro benzene ring substituents is 1. The molecule has 3 rings (SSSR count). The van der Waals surface area contributed by atoms with Crippen LogP contribution in [0.4, 0.5) is 5.69 Å². The molecule has 0 saturated heterocycles.